The number of carbonyl (C=O) groups is 1. The van der Waals surface area contributed by atoms with Gasteiger partial charge in [-0.2, -0.15) is 0 Å². The average molecular weight is 338 g/mol. The third-order valence-electron chi connectivity index (χ3n) is 2.23. The number of aliphatic imine (C=N–C) groups is 1. The predicted octanol–water partition coefficient (Wildman–Crippen LogP) is -0.945. The summed E-state index contributed by atoms with van der Waals surface area (Å²) < 4.78 is 0.759. The van der Waals surface area contributed by atoms with Crippen LogP contribution in [0.25, 0.3) is 0 Å². The monoisotopic (exact) mass is 337 g/mol. The van der Waals surface area contributed by atoms with E-state index >= 15 is 0 Å². The molecule has 1 atom stereocenters. The van der Waals surface area contributed by atoms with E-state index < -0.39 is 12.0 Å². The average Bonchev–Trinajstić information content (AvgIpc) is 2.22. The molecule has 1 rings (SSSR count). The van der Waals surface area contributed by atoms with Crippen molar-refractivity contribution in [3.8, 4) is 5.75 Å². The molecule has 0 unspecified atom stereocenters. The molecule has 0 aromatic heterocycles. The van der Waals surface area contributed by atoms with Gasteiger partial charge in [-0.25, -0.2) is 4.79 Å². The van der Waals surface area contributed by atoms with Crippen molar-refractivity contribution in [1.82, 2.24) is 0 Å². The van der Waals surface area contributed by atoms with E-state index in [1.165, 1.54) is 12.3 Å². The van der Waals surface area contributed by atoms with Crippen LogP contribution in [-0.4, -0.2) is 23.3 Å². The summed E-state index contributed by atoms with van der Waals surface area (Å²) in [5.74, 6) is -1.28. The topological polar surface area (TPSA) is 72.7 Å². The Morgan fingerprint density at radius 3 is 2.61 bits per heavy atom. The second-order valence-electron chi connectivity index (χ2n) is 3.99. The second-order valence-corrected chi connectivity index (χ2v) is 4.90. The van der Waals surface area contributed by atoms with E-state index in [4.69, 9.17) is 5.11 Å². The van der Waals surface area contributed by atoms with Crippen molar-refractivity contribution in [2.24, 2.45) is 10.9 Å². The summed E-state index contributed by atoms with van der Waals surface area (Å²) in [5, 5.41) is 20.4. The molecule has 4 nitrogen and oxygen atoms in total. The standard InChI is InChI=1S/C12H14BrNO3.K/c1-7(2)11(12(16)17)14-6-8-5-9(13)3-4-10(8)15;/h3-7,11,15H,1-2H3,(H,16,17);/q;+1/p-1/t11-;/m0./s1. The van der Waals surface area contributed by atoms with Crippen LogP contribution in [0.5, 0.6) is 5.75 Å². The minimum Gasteiger partial charge on any atom is -0.872 e. The number of aliphatic carboxylic acids is 1. The number of carboxylic acid groups (broad SMARTS) is 1. The summed E-state index contributed by atoms with van der Waals surface area (Å²) >= 11 is 3.24. The van der Waals surface area contributed by atoms with Crippen LogP contribution in [0.3, 0.4) is 0 Å². The third-order valence-corrected chi connectivity index (χ3v) is 2.72. The van der Waals surface area contributed by atoms with E-state index in [9.17, 15) is 9.90 Å². The Bertz CT molecular complexity index is 449. The smallest absolute Gasteiger partial charge is 0.872 e. The number of nitrogens with zero attached hydrogens (tertiary/aromatic N) is 1. The first-order chi connectivity index (χ1) is 7.91. The van der Waals surface area contributed by atoms with E-state index in [1.54, 1.807) is 26.0 Å². The largest absolute Gasteiger partial charge is 1.00 e. The third kappa shape index (κ3) is 5.50. The summed E-state index contributed by atoms with van der Waals surface area (Å²) in [7, 11) is 0. The first-order valence-electron chi connectivity index (χ1n) is 5.14. The Kier molecular flexibility index (Phi) is 8.58. The van der Waals surface area contributed by atoms with E-state index in [-0.39, 0.29) is 63.1 Å². The molecule has 1 N–H and O–H groups in total. The summed E-state index contributed by atoms with van der Waals surface area (Å²) in [5.41, 5.74) is 0.381. The molecular formula is C12H13BrKNO3. The first-order valence-corrected chi connectivity index (χ1v) is 5.93. The fourth-order valence-electron chi connectivity index (χ4n) is 1.30. The van der Waals surface area contributed by atoms with Crippen LogP contribution in [0.2, 0.25) is 0 Å². The zero-order valence-electron chi connectivity index (χ0n) is 10.6. The number of benzene rings is 1. The van der Waals surface area contributed by atoms with Crippen molar-refractivity contribution >= 4 is 28.1 Å². The van der Waals surface area contributed by atoms with Gasteiger partial charge in [0.25, 0.3) is 0 Å². The molecule has 0 aliphatic carbocycles. The van der Waals surface area contributed by atoms with Gasteiger partial charge in [0.15, 0.2) is 0 Å². The quantitative estimate of drug-likeness (QED) is 0.569. The minimum atomic E-state index is -0.987. The van der Waals surface area contributed by atoms with Crippen molar-refractivity contribution in [3.63, 3.8) is 0 Å². The molecule has 0 heterocycles. The van der Waals surface area contributed by atoms with Crippen LogP contribution in [0.15, 0.2) is 27.7 Å². The normalized spacial score (nSPS) is 12.4. The van der Waals surface area contributed by atoms with Gasteiger partial charge in [-0.05, 0) is 23.6 Å². The molecule has 92 valence electrons. The SMILES string of the molecule is CC(C)[C@H](N=Cc1cc(Br)ccc1[O-])C(=O)O.[K+]. The van der Waals surface area contributed by atoms with Gasteiger partial charge in [0, 0.05) is 10.7 Å². The van der Waals surface area contributed by atoms with Gasteiger partial charge in [0.05, 0.1) is 0 Å². The van der Waals surface area contributed by atoms with Crippen LogP contribution in [0.1, 0.15) is 19.4 Å². The Morgan fingerprint density at radius 2 is 2.11 bits per heavy atom. The number of rotatable bonds is 4. The van der Waals surface area contributed by atoms with Gasteiger partial charge in [-0.1, -0.05) is 41.6 Å². The molecule has 1 aromatic carbocycles. The zero-order valence-corrected chi connectivity index (χ0v) is 15.3. The van der Waals surface area contributed by atoms with Gasteiger partial charge in [0.1, 0.15) is 6.04 Å². The molecule has 18 heavy (non-hydrogen) atoms. The maximum Gasteiger partial charge on any atom is 1.00 e. The molecule has 0 fully saturated rings. The maximum absolute atomic E-state index is 11.5. The van der Waals surface area contributed by atoms with Crippen LogP contribution >= 0.6 is 15.9 Å². The number of hydrogen-bond acceptors (Lipinski definition) is 3. The molecule has 0 bridgehead atoms. The maximum atomic E-state index is 11.5. The summed E-state index contributed by atoms with van der Waals surface area (Å²) in [6.45, 7) is 3.55. The number of halogens is 1. The van der Waals surface area contributed by atoms with Crippen molar-refractivity contribution in [1.29, 1.82) is 0 Å². The van der Waals surface area contributed by atoms with E-state index in [1.807, 2.05) is 0 Å². The van der Waals surface area contributed by atoms with E-state index in [2.05, 4.69) is 20.9 Å². The van der Waals surface area contributed by atoms with Crippen molar-refractivity contribution in [2.45, 2.75) is 19.9 Å². The van der Waals surface area contributed by atoms with Crippen LogP contribution in [0.4, 0.5) is 0 Å². The molecule has 6 heteroatoms. The molecule has 0 radical (unpaired) electrons. The molecule has 1 aromatic rings. The molecule has 0 aliphatic rings. The van der Waals surface area contributed by atoms with Crippen molar-refractivity contribution in [3.05, 3.63) is 28.2 Å². The van der Waals surface area contributed by atoms with Gasteiger partial charge < -0.3 is 10.2 Å². The fourth-order valence-corrected chi connectivity index (χ4v) is 1.68. The van der Waals surface area contributed by atoms with E-state index in [0.717, 1.165) is 4.47 Å². The van der Waals surface area contributed by atoms with Gasteiger partial charge in [0.2, 0.25) is 0 Å². The molecule has 0 spiro atoms. The minimum absolute atomic E-state index is 0. The second kappa shape index (κ2) is 8.45. The van der Waals surface area contributed by atoms with E-state index in [0.29, 0.717) is 5.56 Å². The molecular weight excluding hydrogens is 325 g/mol. The van der Waals surface area contributed by atoms with Gasteiger partial charge in [-0.3, -0.25) is 4.99 Å². The van der Waals surface area contributed by atoms with Crippen molar-refractivity contribution in [2.75, 3.05) is 0 Å². The molecule has 0 aliphatic heterocycles. The summed E-state index contributed by atoms with van der Waals surface area (Å²) in [6.07, 6.45) is 1.33. The Balaban J connectivity index is 0.00000289. The Hall–Kier alpha value is 0.276. The first kappa shape index (κ1) is 18.3. The van der Waals surface area contributed by atoms with Crippen molar-refractivity contribution < 1.29 is 66.4 Å². The van der Waals surface area contributed by atoms with Crippen LogP contribution < -0.4 is 56.5 Å². The Morgan fingerprint density at radius 1 is 1.50 bits per heavy atom. The van der Waals surface area contributed by atoms with Gasteiger partial charge in [-0.15, -0.1) is 0 Å². The summed E-state index contributed by atoms with van der Waals surface area (Å²) in [4.78, 5) is 14.9. The summed E-state index contributed by atoms with van der Waals surface area (Å²) in [6, 6.07) is 3.84. The Labute approximate surface area is 157 Å². The zero-order chi connectivity index (χ0) is 13.0. The molecule has 0 amide bonds. The molecule has 0 saturated carbocycles. The molecule has 0 saturated heterocycles. The van der Waals surface area contributed by atoms with Crippen LogP contribution in [-0.2, 0) is 4.79 Å². The van der Waals surface area contributed by atoms with Crippen LogP contribution in [0, 0.1) is 5.92 Å². The number of carboxylic acids is 1. The number of hydrogen-bond donors (Lipinski definition) is 1. The fraction of sp³-hybridized carbons (Fsp3) is 0.333. The van der Waals surface area contributed by atoms with Gasteiger partial charge >= 0.3 is 57.4 Å². The predicted molar refractivity (Wildman–Crippen MR) is 67.4 cm³/mol.